The van der Waals surface area contributed by atoms with Crippen LogP contribution < -0.4 is 4.74 Å². The van der Waals surface area contributed by atoms with Crippen LogP contribution >= 0.6 is 0 Å². The average Bonchev–Trinajstić information content (AvgIpc) is 3.11. The molecule has 0 saturated heterocycles. The van der Waals surface area contributed by atoms with Crippen molar-refractivity contribution in [2.75, 3.05) is 13.7 Å². The summed E-state index contributed by atoms with van der Waals surface area (Å²) in [5, 5.41) is 52.0. The summed E-state index contributed by atoms with van der Waals surface area (Å²) >= 11 is 0. The Morgan fingerprint density at radius 2 is 1.94 bits per heavy atom. The second-order valence-electron chi connectivity index (χ2n) is 8.52. The van der Waals surface area contributed by atoms with Gasteiger partial charge in [0, 0.05) is 35.4 Å². The molecular formula is C22H24O9. The first-order valence-corrected chi connectivity index (χ1v) is 9.80. The molecule has 0 aromatic heterocycles. The lowest BCUT2D eigenvalue weighted by Gasteiger charge is -2.29. The normalized spacial score (nSPS) is 27.4. The molecule has 9 nitrogen and oxygen atoms in total. The van der Waals surface area contributed by atoms with E-state index in [2.05, 4.69) is 0 Å². The van der Waals surface area contributed by atoms with Crippen molar-refractivity contribution in [2.45, 2.75) is 50.4 Å². The second-order valence-corrected chi connectivity index (χ2v) is 8.52. The molecule has 0 radical (unpaired) electrons. The highest BCUT2D eigenvalue weighted by Gasteiger charge is 2.56. The van der Waals surface area contributed by atoms with E-state index in [0.29, 0.717) is 10.9 Å². The Morgan fingerprint density at radius 1 is 1.29 bits per heavy atom. The average molecular weight is 432 g/mol. The molecule has 9 heteroatoms. The molecule has 1 aliphatic carbocycles. The number of aliphatic hydroxyl groups excluding tert-OH is 2. The fourth-order valence-electron chi connectivity index (χ4n) is 4.96. The van der Waals surface area contributed by atoms with E-state index in [-0.39, 0.29) is 40.2 Å². The lowest BCUT2D eigenvalue weighted by atomic mass is 9.78. The molecule has 0 unspecified atom stereocenters. The molecule has 2 aliphatic rings. The van der Waals surface area contributed by atoms with Gasteiger partial charge in [-0.05, 0) is 32.4 Å². The molecule has 1 heterocycles. The van der Waals surface area contributed by atoms with Gasteiger partial charge < -0.3 is 35.0 Å². The smallest absolute Gasteiger partial charge is 0.332 e. The number of Topliss-reactive ketones (excluding diaryl/α,β-unsaturated/α-hetero) is 1. The first-order valence-electron chi connectivity index (χ1n) is 9.80. The van der Waals surface area contributed by atoms with Crippen LogP contribution in [0.2, 0.25) is 0 Å². The molecule has 4 atom stereocenters. The van der Waals surface area contributed by atoms with E-state index in [4.69, 9.17) is 9.47 Å². The third-order valence-corrected chi connectivity index (χ3v) is 6.88. The summed E-state index contributed by atoms with van der Waals surface area (Å²) in [7, 11) is 1.17. The van der Waals surface area contributed by atoms with Gasteiger partial charge in [0.05, 0.1) is 17.6 Å². The van der Waals surface area contributed by atoms with Crippen molar-refractivity contribution in [3.8, 4) is 17.2 Å². The van der Waals surface area contributed by atoms with E-state index in [1.807, 2.05) is 0 Å². The molecule has 4 rings (SSSR count). The van der Waals surface area contributed by atoms with Gasteiger partial charge in [0.25, 0.3) is 0 Å². The molecule has 166 valence electrons. The number of aryl methyl sites for hydroxylation is 1. The number of carbonyl (C=O) groups is 2. The summed E-state index contributed by atoms with van der Waals surface area (Å²) in [5.74, 6) is -2.79. The fraction of sp³-hybridized carbons (Fsp3) is 0.455. The lowest BCUT2D eigenvalue weighted by molar-refractivity contribution is -0.150. The number of ether oxygens (including phenoxy) is 2. The van der Waals surface area contributed by atoms with Crippen LogP contribution in [0.15, 0.2) is 6.07 Å². The maximum absolute atomic E-state index is 13.7. The largest absolute Gasteiger partial charge is 0.508 e. The van der Waals surface area contributed by atoms with Gasteiger partial charge in [0.15, 0.2) is 11.7 Å². The van der Waals surface area contributed by atoms with E-state index >= 15 is 0 Å². The van der Waals surface area contributed by atoms with Gasteiger partial charge in [-0.15, -0.1) is 0 Å². The third-order valence-electron chi connectivity index (χ3n) is 6.88. The van der Waals surface area contributed by atoms with Crippen molar-refractivity contribution in [3.05, 3.63) is 28.3 Å². The topological polar surface area (TPSA) is 154 Å². The van der Waals surface area contributed by atoms with Crippen LogP contribution in [-0.4, -0.2) is 63.2 Å². The number of aliphatic hydroxyl groups is 2. The molecule has 1 aliphatic heterocycles. The molecule has 0 bridgehead atoms. The van der Waals surface area contributed by atoms with E-state index in [1.165, 1.54) is 13.2 Å². The Bertz CT molecular complexity index is 1150. The number of aliphatic carboxylic acids is 1. The summed E-state index contributed by atoms with van der Waals surface area (Å²) < 4.78 is 11.5. The zero-order valence-corrected chi connectivity index (χ0v) is 17.5. The monoisotopic (exact) mass is 432 g/mol. The van der Waals surface area contributed by atoms with Crippen LogP contribution in [0.4, 0.5) is 0 Å². The Balaban J connectivity index is 2.16. The highest BCUT2D eigenvalue weighted by molar-refractivity contribution is 6.24. The molecule has 0 saturated carbocycles. The minimum Gasteiger partial charge on any atom is -0.508 e. The summed E-state index contributed by atoms with van der Waals surface area (Å²) in [6.45, 7) is 4.79. The number of carbonyl (C=O) groups excluding carboxylic acids is 1. The summed E-state index contributed by atoms with van der Waals surface area (Å²) in [6, 6.07) is 1.40. The molecule has 5 N–H and O–H groups in total. The predicted molar refractivity (Wildman–Crippen MR) is 108 cm³/mol. The van der Waals surface area contributed by atoms with Gasteiger partial charge in [0.1, 0.15) is 23.4 Å². The number of aromatic hydroxyl groups is 2. The Hall–Kier alpha value is -2.88. The standard InChI is InChI=1S/C22H24O9/c1-8-5-10(24)15-13-12(8)18-16(21(3,7-23)9(2)31-18)17(26)14(13)19(27)22(15,30-4)6-11(25)20(28)29/h5,9,11,23-26H,6-7H2,1-4H3,(H,28,29)/t9-,11-,21-,22+/m0/s1. The number of phenols is 2. The number of hydrogen-bond donors (Lipinski definition) is 5. The number of ketones is 1. The van der Waals surface area contributed by atoms with Gasteiger partial charge in [-0.3, -0.25) is 4.79 Å². The van der Waals surface area contributed by atoms with E-state index < -0.39 is 47.1 Å². The maximum Gasteiger partial charge on any atom is 0.332 e. The highest BCUT2D eigenvalue weighted by atomic mass is 16.5. The van der Waals surface area contributed by atoms with Gasteiger partial charge in [0.2, 0.25) is 5.78 Å². The first kappa shape index (κ1) is 21.4. The SMILES string of the molecule is CO[C@@]1(C[C@H](O)C(=O)O)C(=O)c2c(O)c3c(c4c(C)cc(O)c1c24)O[C@@H](C)[C@]3(C)CO. The van der Waals surface area contributed by atoms with E-state index in [1.54, 1.807) is 20.8 Å². The van der Waals surface area contributed by atoms with E-state index in [0.717, 1.165) is 0 Å². The van der Waals surface area contributed by atoms with Crippen LogP contribution in [0, 0.1) is 6.92 Å². The van der Waals surface area contributed by atoms with Gasteiger partial charge in [-0.2, -0.15) is 0 Å². The minimum absolute atomic E-state index is 0.0251. The van der Waals surface area contributed by atoms with Crippen molar-refractivity contribution < 1.29 is 44.6 Å². The quantitative estimate of drug-likeness (QED) is 0.472. The van der Waals surface area contributed by atoms with Gasteiger partial charge in [-0.25, -0.2) is 4.79 Å². The van der Waals surface area contributed by atoms with Crippen molar-refractivity contribution in [3.63, 3.8) is 0 Å². The van der Waals surface area contributed by atoms with Gasteiger partial charge in [-0.1, -0.05) is 0 Å². The first-order chi connectivity index (χ1) is 14.5. The molecule has 31 heavy (non-hydrogen) atoms. The zero-order chi connectivity index (χ0) is 23.0. The van der Waals surface area contributed by atoms with Crippen LogP contribution in [0.1, 0.15) is 47.3 Å². The number of phenolic OH excluding ortho intramolecular Hbond substituents is 2. The van der Waals surface area contributed by atoms with Crippen molar-refractivity contribution >= 4 is 22.5 Å². The predicted octanol–water partition coefficient (Wildman–Crippen LogP) is 1.46. The summed E-state index contributed by atoms with van der Waals surface area (Å²) in [4.78, 5) is 25.0. The number of hydrogen-bond acceptors (Lipinski definition) is 8. The van der Waals surface area contributed by atoms with Crippen LogP contribution in [0.5, 0.6) is 17.2 Å². The van der Waals surface area contributed by atoms with Crippen molar-refractivity contribution in [1.29, 1.82) is 0 Å². The van der Waals surface area contributed by atoms with Gasteiger partial charge >= 0.3 is 5.97 Å². The highest BCUT2D eigenvalue weighted by Crippen LogP contribution is 2.60. The molecule has 0 fully saturated rings. The number of carboxylic acids is 1. The maximum atomic E-state index is 13.7. The molecule has 0 amide bonds. The fourth-order valence-corrected chi connectivity index (χ4v) is 4.96. The molecular weight excluding hydrogens is 408 g/mol. The zero-order valence-electron chi connectivity index (χ0n) is 17.5. The van der Waals surface area contributed by atoms with Crippen LogP contribution in [-0.2, 0) is 20.5 Å². The second kappa shape index (κ2) is 6.56. The number of rotatable bonds is 5. The Morgan fingerprint density at radius 3 is 2.48 bits per heavy atom. The van der Waals surface area contributed by atoms with Crippen molar-refractivity contribution in [1.82, 2.24) is 0 Å². The number of carboxylic acid groups (broad SMARTS) is 1. The number of methoxy groups -OCH3 is 1. The van der Waals surface area contributed by atoms with Crippen LogP contribution in [0.25, 0.3) is 10.8 Å². The number of benzene rings is 2. The number of fused-ring (bicyclic) bond motifs is 2. The summed E-state index contributed by atoms with van der Waals surface area (Å²) in [6.07, 6.45) is -3.14. The lowest BCUT2D eigenvalue weighted by Crippen LogP contribution is -2.40. The van der Waals surface area contributed by atoms with E-state index in [9.17, 15) is 35.1 Å². The Kier molecular flexibility index (Phi) is 4.52. The molecule has 0 spiro atoms. The minimum atomic E-state index is -2.02. The molecule has 2 aromatic carbocycles. The third kappa shape index (κ3) is 2.42. The molecule has 2 aromatic rings. The summed E-state index contributed by atoms with van der Waals surface area (Å²) in [5.41, 5.74) is -2.38. The van der Waals surface area contributed by atoms with Crippen molar-refractivity contribution in [2.24, 2.45) is 0 Å². The van der Waals surface area contributed by atoms with Crippen LogP contribution in [0.3, 0.4) is 0 Å². The Labute approximate surface area is 177 Å².